The molecule has 4 heteroatoms. The molecule has 19 heavy (non-hydrogen) atoms. The molecule has 0 aromatic carbocycles. The average molecular weight is 268 g/mol. The van der Waals surface area contributed by atoms with E-state index in [9.17, 15) is 4.79 Å². The molecule has 110 valence electrons. The Balaban J connectivity index is 1.97. The van der Waals surface area contributed by atoms with E-state index in [-0.39, 0.29) is 24.6 Å². The molecule has 4 unspecified atom stereocenters. The summed E-state index contributed by atoms with van der Waals surface area (Å²) in [6.45, 7) is 3.21. The van der Waals surface area contributed by atoms with E-state index in [2.05, 4.69) is 6.92 Å². The third kappa shape index (κ3) is 3.48. The highest BCUT2D eigenvalue weighted by Gasteiger charge is 2.35. The normalized spacial score (nSPS) is 36.3. The van der Waals surface area contributed by atoms with Crippen LogP contribution in [0.1, 0.15) is 51.9 Å². The van der Waals surface area contributed by atoms with Crippen molar-refractivity contribution in [1.29, 1.82) is 0 Å². The molecule has 1 saturated heterocycles. The molecule has 1 aliphatic carbocycles. The van der Waals surface area contributed by atoms with Crippen LogP contribution >= 0.6 is 0 Å². The fourth-order valence-electron chi connectivity index (χ4n) is 3.62. The summed E-state index contributed by atoms with van der Waals surface area (Å²) in [5.41, 5.74) is 6.04. The highest BCUT2D eigenvalue weighted by molar-refractivity contribution is 5.79. The number of carbonyl (C=O) groups is 1. The van der Waals surface area contributed by atoms with E-state index in [1.54, 1.807) is 0 Å². The maximum atomic E-state index is 12.7. The molecule has 3 N–H and O–H groups in total. The van der Waals surface area contributed by atoms with Crippen LogP contribution in [0, 0.1) is 11.8 Å². The maximum absolute atomic E-state index is 12.7. The van der Waals surface area contributed by atoms with Gasteiger partial charge in [-0.3, -0.25) is 4.79 Å². The Hall–Kier alpha value is -0.610. The van der Waals surface area contributed by atoms with Crippen LogP contribution in [0.25, 0.3) is 0 Å². The van der Waals surface area contributed by atoms with Crippen LogP contribution in [-0.2, 0) is 4.79 Å². The third-order valence-electron chi connectivity index (χ3n) is 4.96. The molecule has 1 saturated carbocycles. The quantitative estimate of drug-likeness (QED) is 0.815. The Morgan fingerprint density at radius 3 is 2.79 bits per heavy atom. The number of aliphatic hydroxyl groups excluding tert-OH is 1. The topological polar surface area (TPSA) is 66.6 Å². The van der Waals surface area contributed by atoms with Crippen LogP contribution in [0.15, 0.2) is 0 Å². The van der Waals surface area contributed by atoms with Gasteiger partial charge in [0.15, 0.2) is 0 Å². The molecule has 2 aliphatic rings. The zero-order valence-electron chi connectivity index (χ0n) is 12.1. The number of aliphatic hydroxyl groups is 1. The smallest absolute Gasteiger partial charge is 0.225 e. The summed E-state index contributed by atoms with van der Waals surface area (Å²) in [5.74, 6) is 0.926. The molecule has 4 nitrogen and oxygen atoms in total. The predicted octanol–water partition coefficient (Wildman–Crippen LogP) is 1.51. The Labute approximate surface area is 116 Å². The van der Waals surface area contributed by atoms with E-state index >= 15 is 0 Å². The Kier molecular flexibility index (Phi) is 5.22. The van der Waals surface area contributed by atoms with E-state index in [0.717, 1.165) is 45.1 Å². The summed E-state index contributed by atoms with van der Waals surface area (Å²) in [4.78, 5) is 14.7. The van der Waals surface area contributed by atoms with Crippen molar-refractivity contribution in [3.8, 4) is 0 Å². The molecular formula is C15H28N2O2. The Morgan fingerprint density at radius 1 is 1.32 bits per heavy atom. The van der Waals surface area contributed by atoms with Gasteiger partial charge in [0.05, 0.1) is 0 Å². The number of carbonyl (C=O) groups excluding carboxylic acids is 1. The minimum atomic E-state index is 0.161. The van der Waals surface area contributed by atoms with Gasteiger partial charge in [-0.2, -0.15) is 0 Å². The molecule has 1 heterocycles. The van der Waals surface area contributed by atoms with Crippen molar-refractivity contribution in [3.63, 3.8) is 0 Å². The van der Waals surface area contributed by atoms with Gasteiger partial charge in [0.2, 0.25) is 5.91 Å². The molecule has 2 fully saturated rings. The lowest BCUT2D eigenvalue weighted by Crippen LogP contribution is -2.49. The van der Waals surface area contributed by atoms with Crippen LogP contribution in [0.4, 0.5) is 0 Å². The number of amides is 1. The van der Waals surface area contributed by atoms with Crippen LogP contribution < -0.4 is 5.73 Å². The van der Waals surface area contributed by atoms with Gasteiger partial charge in [-0.15, -0.1) is 0 Å². The highest BCUT2D eigenvalue weighted by Crippen LogP contribution is 2.31. The SMILES string of the molecule is CC1CC(C(=O)N2CCCCC2CCO)CCC1N. The first-order valence-corrected chi connectivity index (χ1v) is 7.80. The van der Waals surface area contributed by atoms with Gasteiger partial charge in [-0.25, -0.2) is 0 Å². The van der Waals surface area contributed by atoms with Gasteiger partial charge < -0.3 is 15.7 Å². The van der Waals surface area contributed by atoms with Crippen LogP contribution in [0.5, 0.6) is 0 Å². The summed E-state index contributed by atoms with van der Waals surface area (Å²) in [5, 5.41) is 9.15. The number of piperidine rings is 1. The minimum Gasteiger partial charge on any atom is -0.396 e. The average Bonchev–Trinajstić information content (AvgIpc) is 2.42. The molecule has 0 aromatic heterocycles. The number of nitrogens with zero attached hydrogens (tertiary/aromatic N) is 1. The number of rotatable bonds is 3. The Morgan fingerprint density at radius 2 is 2.11 bits per heavy atom. The van der Waals surface area contributed by atoms with E-state index in [4.69, 9.17) is 10.8 Å². The molecule has 0 aromatic rings. The van der Waals surface area contributed by atoms with Crippen LogP contribution in [0.2, 0.25) is 0 Å². The van der Waals surface area contributed by atoms with E-state index in [1.807, 2.05) is 4.90 Å². The zero-order chi connectivity index (χ0) is 13.8. The fourth-order valence-corrected chi connectivity index (χ4v) is 3.62. The van der Waals surface area contributed by atoms with Gasteiger partial charge >= 0.3 is 0 Å². The van der Waals surface area contributed by atoms with Gasteiger partial charge in [-0.05, 0) is 50.9 Å². The van der Waals surface area contributed by atoms with Crippen molar-refractivity contribution < 1.29 is 9.90 Å². The van der Waals surface area contributed by atoms with Crippen molar-refractivity contribution in [2.75, 3.05) is 13.2 Å². The largest absolute Gasteiger partial charge is 0.396 e. The fraction of sp³-hybridized carbons (Fsp3) is 0.933. The van der Waals surface area contributed by atoms with Crippen molar-refractivity contribution in [1.82, 2.24) is 4.90 Å². The van der Waals surface area contributed by atoms with Crippen molar-refractivity contribution >= 4 is 5.91 Å². The summed E-state index contributed by atoms with van der Waals surface area (Å²) in [6.07, 6.45) is 6.91. The summed E-state index contributed by atoms with van der Waals surface area (Å²) < 4.78 is 0. The lowest BCUT2D eigenvalue weighted by molar-refractivity contribution is -0.141. The molecule has 1 aliphatic heterocycles. The standard InChI is InChI=1S/C15H28N2O2/c1-11-10-12(5-6-14(11)16)15(19)17-8-3-2-4-13(17)7-9-18/h11-14,18H,2-10,16H2,1H3. The molecule has 0 spiro atoms. The predicted molar refractivity (Wildman–Crippen MR) is 75.5 cm³/mol. The summed E-state index contributed by atoms with van der Waals surface area (Å²) >= 11 is 0. The first-order chi connectivity index (χ1) is 9.13. The van der Waals surface area contributed by atoms with E-state index in [0.29, 0.717) is 11.8 Å². The van der Waals surface area contributed by atoms with Crippen molar-refractivity contribution in [2.24, 2.45) is 17.6 Å². The van der Waals surface area contributed by atoms with Gasteiger partial charge in [0.25, 0.3) is 0 Å². The molecule has 0 radical (unpaired) electrons. The molecule has 4 atom stereocenters. The molecular weight excluding hydrogens is 240 g/mol. The second kappa shape index (κ2) is 6.71. The number of likely N-dealkylation sites (tertiary alicyclic amines) is 1. The molecule has 1 amide bonds. The van der Waals surface area contributed by atoms with Crippen molar-refractivity contribution in [3.05, 3.63) is 0 Å². The van der Waals surface area contributed by atoms with Crippen LogP contribution in [0.3, 0.4) is 0 Å². The van der Waals surface area contributed by atoms with Gasteiger partial charge in [0.1, 0.15) is 0 Å². The number of hydrogen-bond donors (Lipinski definition) is 2. The second-order valence-corrected chi connectivity index (χ2v) is 6.34. The zero-order valence-corrected chi connectivity index (χ0v) is 12.1. The molecule has 2 rings (SSSR count). The Bertz CT molecular complexity index is 307. The number of hydrogen-bond acceptors (Lipinski definition) is 3. The number of nitrogens with two attached hydrogens (primary N) is 1. The van der Waals surface area contributed by atoms with Gasteiger partial charge in [0, 0.05) is 31.2 Å². The van der Waals surface area contributed by atoms with E-state index < -0.39 is 0 Å². The summed E-state index contributed by atoms with van der Waals surface area (Å²) in [6, 6.07) is 0.524. The lowest BCUT2D eigenvalue weighted by atomic mass is 9.78. The van der Waals surface area contributed by atoms with E-state index in [1.165, 1.54) is 6.42 Å². The third-order valence-corrected chi connectivity index (χ3v) is 4.96. The maximum Gasteiger partial charge on any atom is 0.225 e. The summed E-state index contributed by atoms with van der Waals surface area (Å²) in [7, 11) is 0. The molecule has 0 bridgehead atoms. The lowest BCUT2D eigenvalue weighted by Gasteiger charge is -2.40. The van der Waals surface area contributed by atoms with Crippen LogP contribution in [-0.4, -0.2) is 41.1 Å². The second-order valence-electron chi connectivity index (χ2n) is 6.34. The van der Waals surface area contributed by atoms with Gasteiger partial charge in [-0.1, -0.05) is 6.92 Å². The van der Waals surface area contributed by atoms with Crippen molar-refractivity contribution in [2.45, 2.75) is 64.0 Å². The first kappa shape index (κ1) is 14.8. The monoisotopic (exact) mass is 268 g/mol. The first-order valence-electron chi connectivity index (χ1n) is 7.80. The highest BCUT2D eigenvalue weighted by atomic mass is 16.3. The minimum absolute atomic E-state index is 0.161.